The van der Waals surface area contributed by atoms with Gasteiger partial charge in [-0.1, -0.05) is 18.2 Å². The van der Waals surface area contributed by atoms with E-state index in [1.54, 1.807) is 24.0 Å². The lowest BCUT2D eigenvalue weighted by Crippen LogP contribution is -2.36. The van der Waals surface area contributed by atoms with Crippen molar-refractivity contribution in [1.29, 1.82) is 0 Å². The first-order chi connectivity index (χ1) is 11.7. The zero-order valence-electron chi connectivity index (χ0n) is 14.0. The smallest absolute Gasteiger partial charge is 0.359 e. The molecule has 2 heterocycles. The molecule has 0 spiro atoms. The molecule has 0 bridgehead atoms. The van der Waals surface area contributed by atoms with Crippen LogP contribution in [0.1, 0.15) is 46.0 Å². The van der Waals surface area contributed by atoms with E-state index >= 15 is 0 Å². The molecule has 0 unspecified atom stereocenters. The van der Waals surface area contributed by atoms with Crippen LogP contribution in [0.5, 0.6) is 0 Å². The number of rotatable bonds is 4. The van der Waals surface area contributed by atoms with Crippen LogP contribution >= 0.6 is 0 Å². The topological polar surface area (TPSA) is 64.4 Å². The Bertz CT molecular complexity index is 752. The fourth-order valence-electron chi connectivity index (χ4n) is 3.05. The SMILES string of the molecule is CCOC(=O)c1nn(CC)c2c1CN(C(=O)c1ccccc1)CC2. The van der Waals surface area contributed by atoms with Gasteiger partial charge >= 0.3 is 5.97 Å². The lowest BCUT2D eigenvalue weighted by atomic mass is 10.0. The summed E-state index contributed by atoms with van der Waals surface area (Å²) < 4.78 is 6.95. The summed E-state index contributed by atoms with van der Waals surface area (Å²) in [6.45, 7) is 5.76. The van der Waals surface area contributed by atoms with Crippen LogP contribution < -0.4 is 0 Å². The average molecular weight is 327 g/mol. The van der Waals surface area contributed by atoms with Crippen LogP contribution in [0.15, 0.2) is 30.3 Å². The van der Waals surface area contributed by atoms with E-state index in [1.165, 1.54) is 0 Å². The van der Waals surface area contributed by atoms with Crippen LogP contribution in [0.4, 0.5) is 0 Å². The summed E-state index contributed by atoms with van der Waals surface area (Å²) in [5, 5.41) is 4.40. The molecule has 1 aromatic carbocycles. The number of esters is 1. The standard InChI is InChI=1S/C18H21N3O3/c1-3-21-15-10-11-20(17(22)13-8-6-5-7-9-13)12-14(15)16(19-21)18(23)24-4-2/h5-9H,3-4,10-12H2,1-2H3. The number of nitrogens with zero attached hydrogens (tertiary/aromatic N) is 3. The van der Waals surface area contributed by atoms with Crippen molar-refractivity contribution in [2.45, 2.75) is 33.4 Å². The van der Waals surface area contributed by atoms with Crippen LogP contribution in [-0.2, 0) is 24.2 Å². The first-order valence-corrected chi connectivity index (χ1v) is 8.25. The fourth-order valence-corrected chi connectivity index (χ4v) is 3.05. The van der Waals surface area contributed by atoms with Crippen LogP contribution in [0.25, 0.3) is 0 Å². The molecule has 1 aliphatic rings. The summed E-state index contributed by atoms with van der Waals surface area (Å²) in [5.41, 5.74) is 2.82. The largest absolute Gasteiger partial charge is 0.461 e. The van der Waals surface area contributed by atoms with E-state index in [2.05, 4.69) is 5.10 Å². The number of amides is 1. The number of aromatic nitrogens is 2. The highest BCUT2D eigenvalue weighted by molar-refractivity contribution is 5.95. The third-order valence-corrected chi connectivity index (χ3v) is 4.21. The number of ether oxygens (including phenoxy) is 1. The second kappa shape index (κ2) is 6.86. The van der Waals surface area contributed by atoms with Crippen LogP contribution in [0.2, 0.25) is 0 Å². The van der Waals surface area contributed by atoms with Crippen molar-refractivity contribution in [3.63, 3.8) is 0 Å². The summed E-state index contributed by atoms with van der Waals surface area (Å²) in [6.07, 6.45) is 0.689. The number of fused-ring (bicyclic) bond motifs is 1. The van der Waals surface area contributed by atoms with Crippen LogP contribution in [0, 0.1) is 0 Å². The molecule has 0 saturated heterocycles. The zero-order valence-corrected chi connectivity index (χ0v) is 14.0. The lowest BCUT2D eigenvalue weighted by Gasteiger charge is -2.27. The number of carbonyl (C=O) groups excluding carboxylic acids is 2. The molecule has 0 saturated carbocycles. The third kappa shape index (κ3) is 2.91. The van der Waals surface area contributed by atoms with Gasteiger partial charge in [0.15, 0.2) is 5.69 Å². The normalized spacial score (nSPS) is 13.5. The molecule has 6 nitrogen and oxygen atoms in total. The van der Waals surface area contributed by atoms with Gasteiger partial charge in [0, 0.05) is 36.3 Å². The van der Waals surface area contributed by atoms with Gasteiger partial charge in [0.1, 0.15) is 0 Å². The van der Waals surface area contributed by atoms with Crippen molar-refractivity contribution in [2.75, 3.05) is 13.2 Å². The Morgan fingerprint density at radius 1 is 1.21 bits per heavy atom. The summed E-state index contributed by atoms with van der Waals surface area (Å²) in [7, 11) is 0. The van der Waals surface area contributed by atoms with Gasteiger partial charge in [-0.3, -0.25) is 9.48 Å². The van der Waals surface area contributed by atoms with E-state index in [9.17, 15) is 9.59 Å². The zero-order chi connectivity index (χ0) is 17.1. The van der Waals surface area contributed by atoms with E-state index in [-0.39, 0.29) is 5.91 Å². The summed E-state index contributed by atoms with van der Waals surface area (Å²) in [6, 6.07) is 9.19. The molecule has 0 fully saturated rings. The van der Waals surface area contributed by atoms with Crippen molar-refractivity contribution in [3.05, 3.63) is 52.8 Å². The highest BCUT2D eigenvalue weighted by atomic mass is 16.5. The first-order valence-electron chi connectivity index (χ1n) is 8.25. The number of aryl methyl sites for hydroxylation is 1. The quantitative estimate of drug-likeness (QED) is 0.808. The predicted molar refractivity (Wildman–Crippen MR) is 88.7 cm³/mol. The predicted octanol–water partition coefficient (Wildman–Crippen LogP) is 2.28. The molecule has 126 valence electrons. The van der Waals surface area contributed by atoms with Gasteiger partial charge in [0.05, 0.1) is 13.2 Å². The molecular weight excluding hydrogens is 306 g/mol. The third-order valence-electron chi connectivity index (χ3n) is 4.21. The second-order valence-corrected chi connectivity index (χ2v) is 5.65. The Morgan fingerprint density at radius 2 is 1.96 bits per heavy atom. The molecule has 1 aliphatic heterocycles. The number of hydrogen-bond donors (Lipinski definition) is 0. The van der Waals surface area contributed by atoms with Gasteiger partial charge in [-0.2, -0.15) is 5.10 Å². The number of benzene rings is 1. The van der Waals surface area contributed by atoms with Gasteiger partial charge in [-0.15, -0.1) is 0 Å². The molecule has 0 atom stereocenters. The van der Waals surface area contributed by atoms with E-state index in [4.69, 9.17) is 4.74 Å². The Hall–Kier alpha value is -2.63. The highest BCUT2D eigenvalue weighted by Gasteiger charge is 2.30. The Labute approximate surface area is 141 Å². The fraction of sp³-hybridized carbons (Fsp3) is 0.389. The van der Waals surface area contributed by atoms with Crippen molar-refractivity contribution >= 4 is 11.9 Å². The molecule has 0 radical (unpaired) electrons. The van der Waals surface area contributed by atoms with Gasteiger partial charge in [0.2, 0.25) is 0 Å². The van der Waals surface area contributed by atoms with Crippen molar-refractivity contribution in [1.82, 2.24) is 14.7 Å². The van der Waals surface area contributed by atoms with Crippen molar-refractivity contribution in [3.8, 4) is 0 Å². The van der Waals surface area contributed by atoms with Crippen LogP contribution in [-0.4, -0.2) is 39.7 Å². The number of hydrogen-bond acceptors (Lipinski definition) is 4. The minimum absolute atomic E-state index is 0.0275. The summed E-state index contributed by atoms with van der Waals surface area (Å²) in [4.78, 5) is 26.6. The monoisotopic (exact) mass is 327 g/mol. The van der Waals surface area contributed by atoms with E-state index in [0.717, 1.165) is 11.3 Å². The Kier molecular flexibility index (Phi) is 4.64. The maximum atomic E-state index is 12.7. The van der Waals surface area contributed by atoms with E-state index in [1.807, 2.05) is 29.8 Å². The maximum absolute atomic E-state index is 12.7. The van der Waals surface area contributed by atoms with Crippen molar-refractivity contribution in [2.24, 2.45) is 0 Å². The van der Waals surface area contributed by atoms with Crippen molar-refractivity contribution < 1.29 is 14.3 Å². The van der Waals surface area contributed by atoms with Gasteiger partial charge in [-0.05, 0) is 26.0 Å². The van der Waals surface area contributed by atoms with E-state index < -0.39 is 5.97 Å². The molecule has 0 N–H and O–H groups in total. The minimum Gasteiger partial charge on any atom is -0.461 e. The summed E-state index contributed by atoms with van der Waals surface area (Å²) in [5.74, 6) is -0.449. The maximum Gasteiger partial charge on any atom is 0.359 e. The average Bonchev–Trinajstić information content (AvgIpc) is 3.00. The minimum atomic E-state index is -0.421. The molecule has 6 heteroatoms. The molecule has 1 amide bonds. The first kappa shape index (κ1) is 16.2. The summed E-state index contributed by atoms with van der Waals surface area (Å²) >= 11 is 0. The molecule has 0 aliphatic carbocycles. The Balaban J connectivity index is 1.90. The highest BCUT2D eigenvalue weighted by Crippen LogP contribution is 2.24. The molecular formula is C18H21N3O3. The molecule has 1 aromatic heterocycles. The molecule has 3 rings (SSSR count). The molecule has 2 aromatic rings. The second-order valence-electron chi connectivity index (χ2n) is 5.65. The van der Waals surface area contributed by atoms with Gasteiger partial charge in [0.25, 0.3) is 5.91 Å². The van der Waals surface area contributed by atoms with Gasteiger partial charge in [-0.25, -0.2) is 4.79 Å². The lowest BCUT2D eigenvalue weighted by molar-refractivity contribution is 0.0513. The Morgan fingerprint density at radius 3 is 2.62 bits per heavy atom. The van der Waals surface area contributed by atoms with Crippen LogP contribution in [0.3, 0.4) is 0 Å². The van der Waals surface area contributed by atoms with E-state index in [0.29, 0.717) is 43.9 Å². The molecule has 24 heavy (non-hydrogen) atoms. The van der Waals surface area contributed by atoms with Gasteiger partial charge < -0.3 is 9.64 Å². The number of carbonyl (C=O) groups is 2.